The zero-order valence-corrected chi connectivity index (χ0v) is 16.8. The summed E-state index contributed by atoms with van der Waals surface area (Å²) in [6.07, 6.45) is 0.907. The lowest BCUT2D eigenvalue weighted by molar-refractivity contribution is -0.121. The summed E-state index contributed by atoms with van der Waals surface area (Å²) >= 11 is 7.48. The van der Waals surface area contributed by atoms with Gasteiger partial charge in [-0.15, -0.1) is 0 Å². The fourth-order valence-corrected chi connectivity index (χ4v) is 3.60. The number of carbonyl (C=O) groups excluding carboxylic acids is 2. The van der Waals surface area contributed by atoms with Gasteiger partial charge in [0, 0.05) is 28.9 Å². The van der Waals surface area contributed by atoms with Gasteiger partial charge in [0.25, 0.3) is 5.91 Å². The summed E-state index contributed by atoms with van der Waals surface area (Å²) < 4.78 is 0. The Balaban J connectivity index is 1.55. The van der Waals surface area contributed by atoms with E-state index in [1.807, 2.05) is 60.0 Å². The van der Waals surface area contributed by atoms with Crippen molar-refractivity contribution in [2.45, 2.75) is 18.9 Å². The molecule has 4 nitrogen and oxygen atoms in total. The molecular formula is C22H21ClN2O2S. The molecule has 2 aromatic carbocycles. The van der Waals surface area contributed by atoms with Crippen LogP contribution in [0.25, 0.3) is 0 Å². The van der Waals surface area contributed by atoms with Crippen LogP contribution in [-0.2, 0) is 4.79 Å². The van der Waals surface area contributed by atoms with Gasteiger partial charge in [-0.3, -0.25) is 9.59 Å². The fourth-order valence-electron chi connectivity index (χ4n) is 2.84. The number of rotatable bonds is 8. The Hall–Kier alpha value is -2.63. The minimum Gasteiger partial charge on any atom is -0.352 e. The summed E-state index contributed by atoms with van der Waals surface area (Å²) in [5, 5.41) is 10.3. The minimum absolute atomic E-state index is 0.0615. The van der Waals surface area contributed by atoms with Crippen LogP contribution in [0.3, 0.4) is 0 Å². The average Bonchev–Trinajstić information content (AvgIpc) is 3.26. The van der Waals surface area contributed by atoms with Gasteiger partial charge in [-0.2, -0.15) is 11.3 Å². The summed E-state index contributed by atoms with van der Waals surface area (Å²) in [5.41, 5.74) is 2.62. The van der Waals surface area contributed by atoms with E-state index in [0.717, 1.165) is 11.1 Å². The van der Waals surface area contributed by atoms with Crippen LogP contribution in [-0.4, -0.2) is 18.4 Å². The highest BCUT2D eigenvalue weighted by atomic mass is 35.5. The van der Waals surface area contributed by atoms with Gasteiger partial charge in [0.2, 0.25) is 5.91 Å². The molecule has 0 radical (unpaired) electrons. The molecule has 1 heterocycles. The molecule has 0 bridgehead atoms. The summed E-state index contributed by atoms with van der Waals surface area (Å²) in [6, 6.07) is 18.8. The van der Waals surface area contributed by atoms with E-state index in [2.05, 4.69) is 10.6 Å². The van der Waals surface area contributed by atoms with Crippen molar-refractivity contribution in [3.05, 3.63) is 93.1 Å². The van der Waals surface area contributed by atoms with E-state index in [0.29, 0.717) is 30.0 Å². The molecule has 0 saturated carbocycles. The van der Waals surface area contributed by atoms with Gasteiger partial charge in [0.05, 0.1) is 6.04 Å². The predicted molar refractivity (Wildman–Crippen MR) is 114 cm³/mol. The second kappa shape index (κ2) is 10.1. The summed E-state index contributed by atoms with van der Waals surface area (Å²) in [5.74, 6) is -0.168. The molecule has 0 aliphatic heterocycles. The van der Waals surface area contributed by atoms with E-state index >= 15 is 0 Å². The van der Waals surface area contributed by atoms with Crippen LogP contribution in [0.5, 0.6) is 0 Å². The molecule has 2 N–H and O–H groups in total. The topological polar surface area (TPSA) is 58.2 Å². The Labute approximate surface area is 173 Å². The molecule has 0 aliphatic carbocycles. The summed E-state index contributed by atoms with van der Waals surface area (Å²) in [6.45, 7) is 0.457. The molecule has 0 saturated heterocycles. The summed E-state index contributed by atoms with van der Waals surface area (Å²) in [4.78, 5) is 24.4. The molecule has 3 aromatic rings. The van der Waals surface area contributed by atoms with E-state index in [1.165, 1.54) is 11.3 Å². The molecular weight excluding hydrogens is 392 g/mol. The quantitative estimate of drug-likeness (QED) is 0.521. The van der Waals surface area contributed by atoms with E-state index < -0.39 is 0 Å². The smallest absolute Gasteiger partial charge is 0.252 e. The molecule has 28 heavy (non-hydrogen) atoms. The molecule has 2 amide bonds. The molecule has 144 valence electrons. The maximum atomic E-state index is 12.5. The SMILES string of the molecule is O=C(CCCNC(=O)c1ccsc1)NC(c1ccccc1)c1ccc(Cl)cc1. The second-order valence-electron chi connectivity index (χ2n) is 6.33. The van der Waals surface area contributed by atoms with Gasteiger partial charge in [-0.1, -0.05) is 54.1 Å². The van der Waals surface area contributed by atoms with Gasteiger partial charge in [-0.05, 0) is 41.1 Å². The Bertz CT molecular complexity index is 896. The zero-order chi connectivity index (χ0) is 19.8. The van der Waals surface area contributed by atoms with E-state index in [9.17, 15) is 9.59 Å². The van der Waals surface area contributed by atoms with E-state index in [1.54, 1.807) is 11.4 Å². The van der Waals surface area contributed by atoms with Gasteiger partial charge < -0.3 is 10.6 Å². The first-order valence-electron chi connectivity index (χ1n) is 9.03. The van der Waals surface area contributed by atoms with Gasteiger partial charge >= 0.3 is 0 Å². The zero-order valence-electron chi connectivity index (χ0n) is 15.2. The fraction of sp³-hybridized carbons (Fsp3) is 0.182. The molecule has 0 aliphatic rings. The lowest BCUT2D eigenvalue weighted by atomic mass is 9.98. The van der Waals surface area contributed by atoms with Crippen LogP contribution in [0.15, 0.2) is 71.4 Å². The third-order valence-electron chi connectivity index (χ3n) is 4.29. The highest BCUT2D eigenvalue weighted by Gasteiger charge is 2.16. The number of nitrogens with one attached hydrogen (secondary N) is 2. The van der Waals surface area contributed by atoms with E-state index in [-0.39, 0.29) is 17.9 Å². The Kier molecular flexibility index (Phi) is 7.23. The molecule has 0 spiro atoms. The van der Waals surface area contributed by atoms with Gasteiger partial charge in [0.15, 0.2) is 0 Å². The molecule has 1 unspecified atom stereocenters. The van der Waals surface area contributed by atoms with Crippen molar-refractivity contribution in [2.24, 2.45) is 0 Å². The van der Waals surface area contributed by atoms with Crippen molar-refractivity contribution in [3.8, 4) is 0 Å². The number of halogens is 1. The third-order valence-corrected chi connectivity index (χ3v) is 5.23. The van der Waals surface area contributed by atoms with Crippen molar-refractivity contribution in [1.82, 2.24) is 10.6 Å². The van der Waals surface area contributed by atoms with Crippen LogP contribution >= 0.6 is 22.9 Å². The molecule has 0 fully saturated rings. The molecule has 3 rings (SSSR count). The molecule has 1 aromatic heterocycles. The Morgan fingerprint density at radius 3 is 2.36 bits per heavy atom. The van der Waals surface area contributed by atoms with Crippen molar-refractivity contribution in [1.29, 1.82) is 0 Å². The third kappa shape index (κ3) is 5.68. The number of benzene rings is 2. The first-order valence-corrected chi connectivity index (χ1v) is 10.4. The second-order valence-corrected chi connectivity index (χ2v) is 7.55. The van der Waals surface area contributed by atoms with Crippen LogP contribution in [0.2, 0.25) is 5.02 Å². The van der Waals surface area contributed by atoms with Crippen LogP contribution in [0, 0.1) is 0 Å². The first kappa shape index (κ1) is 20.1. The number of hydrogen-bond donors (Lipinski definition) is 2. The monoisotopic (exact) mass is 412 g/mol. The highest BCUT2D eigenvalue weighted by molar-refractivity contribution is 7.08. The number of carbonyl (C=O) groups is 2. The number of thiophene rings is 1. The van der Waals surface area contributed by atoms with E-state index in [4.69, 9.17) is 11.6 Å². The lowest BCUT2D eigenvalue weighted by Gasteiger charge is -2.20. The molecule has 1 atom stereocenters. The van der Waals surface area contributed by atoms with Gasteiger partial charge in [-0.25, -0.2) is 0 Å². The maximum Gasteiger partial charge on any atom is 0.252 e. The average molecular weight is 413 g/mol. The van der Waals surface area contributed by atoms with Crippen LogP contribution < -0.4 is 10.6 Å². The summed E-state index contributed by atoms with van der Waals surface area (Å²) in [7, 11) is 0. The van der Waals surface area contributed by atoms with Crippen molar-refractivity contribution in [2.75, 3.05) is 6.54 Å². The minimum atomic E-state index is -0.244. The van der Waals surface area contributed by atoms with Crippen LogP contribution in [0.1, 0.15) is 40.4 Å². The number of hydrogen-bond acceptors (Lipinski definition) is 3. The normalized spacial score (nSPS) is 11.6. The Morgan fingerprint density at radius 1 is 0.964 bits per heavy atom. The Morgan fingerprint density at radius 2 is 1.68 bits per heavy atom. The largest absolute Gasteiger partial charge is 0.352 e. The number of amides is 2. The van der Waals surface area contributed by atoms with Crippen molar-refractivity contribution in [3.63, 3.8) is 0 Å². The van der Waals surface area contributed by atoms with Gasteiger partial charge in [0.1, 0.15) is 0 Å². The standard InChI is InChI=1S/C22H21ClN2O2S/c23-19-10-8-17(9-11-19)21(16-5-2-1-3-6-16)25-20(26)7-4-13-24-22(27)18-12-14-28-15-18/h1-3,5-6,8-12,14-15,21H,4,7,13H2,(H,24,27)(H,25,26). The van der Waals surface area contributed by atoms with Crippen molar-refractivity contribution < 1.29 is 9.59 Å². The van der Waals surface area contributed by atoms with Crippen molar-refractivity contribution >= 4 is 34.8 Å². The highest BCUT2D eigenvalue weighted by Crippen LogP contribution is 2.23. The van der Waals surface area contributed by atoms with Crippen LogP contribution in [0.4, 0.5) is 0 Å². The maximum absolute atomic E-state index is 12.5. The first-order chi connectivity index (χ1) is 13.6. The predicted octanol–water partition coefficient (Wildman–Crippen LogP) is 4.82. The molecule has 6 heteroatoms. The lowest BCUT2D eigenvalue weighted by Crippen LogP contribution is -2.30.